The van der Waals surface area contributed by atoms with Gasteiger partial charge >= 0.3 is 0 Å². The molecular formula is C18H16ClN3O. The first-order valence-electron chi connectivity index (χ1n) is 7.25. The molecule has 0 atom stereocenters. The van der Waals surface area contributed by atoms with Gasteiger partial charge in [0, 0.05) is 18.1 Å². The molecule has 3 aromatic rings. The second-order valence-electron chi connectivity index (χ2n) is 5.18. The molecule has 3 rings (SSSR count). The van der Waals surface area contributed by atoms with Gasteiger partial charge in [-0.25, -0.2) is 4.98 Å². The summed E-state index contributed by atoms with van der Waals surface area (Å²) in [6, 6.07) is 15.2. The maximum atomic E-state index is 11.9. The number of hydrogen-bond acceptors (Lipinski definition) is 2. The van der Waals surface area contributed by atoms with Gasteiger partial charge in [0.05, 0.1) is 17.6 Å². The molecule has 1 aromatic heterocycles. The van der Waals surface area contributed by atoms with Crippen molar-refractivity contribution in [2.45, 2.75) is 6.54 Å². The zero-order valence-corrected chi connectivity index (χ0v) is 13.4. The number of nitrogens with one attached hydrogen (secondary N) is 1. The summed E-state index contributed by atoms with van der Waals surface area (Å²) in [7, 11) is 1.94. The molecule has 0 aliphatic rings. The van der Waals surface area contributed by atoms with Gasteiger partial charge in [-0.15, -0.1) is 0 Å². The molecule has 0 radical (unpaired) electrons. The fraction of sp³-hybridized carbons (Fsp3) is 0.111. The monoisotopic (exact) mass is 325 g/mol. The van der Waals surface area contributed by atoms with Gasteiger partial charge in [-0.05, 0) is 35.9 Å². The Hall–Kier alpha value is -2.59. The lowest BCUT2D eigenvalue weighted by Crippen LogP contribution is -2.22. The van der Waals surface area contributed by atoms with Crippen LogP contribution in [0.25, 0.3) is 17.1 Å². The number of nitrogens with zero attached hydrogens (tertiary/aromatic N) is 2. The molecule has 0 aliphatic carbocycles. The number of halogens is 1. The number of fused-ring (bicyclic) bond motifs is 1. The lowest BCUT2D eigenvalue weighted by molar-refractivity contribution is -0.116. The molecule has 1 N–H and O–H groups in total. The van der Waals surface area contributed by atoms with E-state index in [1.54, 1.807) is 18.2 Å². The molecule has 0 saturated carbocycles. The van der Waals surface area contributed by atoms with E-state index in [2.05, 4.69) is 10.3 Å². The molecule has 23 heavy (non-hydrogen) atoms. The summed E-state index contributed by atoms with van der Waals surface area (Å²) in [4.78, 5) is 16.4. The lowest BCUT2D eigenvalue weighted by Gasteiger charge is -2.03. The SMILES string of the molecule is Cn1c(CNC(=O)/C=C/c2ccc(Cl)cc2)nc2ccccc21. The lowest BCUT2D eigenvalue weighted by atomic mass is 10.2. The highest BCUT2D eigenvalue weighted by Crippen LogP contribution is 2.14. The maximum Gasteiger partial charge on any atom is 0.244 e. The highest BCUT2D eigenvalue weighted by molar-refractivity contribution is 6.30. The fourth-order valence-corrected chi connectivity index (χ4v) is 2.45. The zero-order valence-electron chi connectivity index (χ0n) is 12.7. The second kappa shape index (κ2) is 6.67. The van der Waals surface area contributed by atoms with Crippen LogP contribution in [0.2, 0.25) is 5.02 Å². The number of hydrogen-bond donors (Lipinski definition) is 1. The number of carbonyl (C=O) groups is 1. The van der Waals surface area contributed by atoms with E-state index < -0.39 is 0 Å². The Kier molecular flexibility index (Phi) is 4.44. The molecule has 1 heterocycles. The Labute approximate surface area is 139 Å². The normalized spacial score (nSPS) is 11.2. The Morgan fingerprint density at radius 1 is 1.22 bits per heavy atom. The van der Waals surface area contributed by atoms with Crippen molar-refractivity contribution in [3.05, 3.63) is 71.0 Å². The van der Waals surface area contributed by atoms with Gasteiger partial charge in [-0.2, -0.15) is 0 Å². The molecule has 0 bridgehead atoms. The van der Waals surface area contributed by atoms with E-state index in [1.807, 2.05) is 48.0 Å². The van der Waals surface area contributed by atoms with Gasteiger partial charge in [0.15, 0.2) is 0 Å². The molecule has 0 saturated heterocycles. The van der Waals surface area contributed by atoms with Crippen molar-refractivity contribution in [3.8, 4) is 0 Å². The standard InChI is InChI=1S/C18H16ClN3O/c1-22-16-5-3-2-4-15(16)21-17(22)12-20-18(23)11-8-13-6-9-14(19)10-7-13/h2-11H,12H2,1H3,(H,20,23)/b11-8+. The van der Waals surface area contributed by atoms with E-state index >= 15 is 0 Å². The molecule has 4 nitrogen and oxygen atoms in total. The average molecular weight is 326 g/mol. The van der Waals surface area contributed by atoms with Crippen molar-refractivity contribution in [3.63, 3.8) is 0 Å². The van der Waals surface area contributed by atoms with E-state index in [9.17, 15) is 4.79 Å². The van der Waals surface area contributed by atoms with Gasteiger partial charge in [-0.3, -0.25) is 4.79 Å². The van der Waals surface area contributed by atoms with Crippen LogP contribution in [0.4, 0.5) is 0 Å². The minimum Gasteiger partial charge on any atom is -0.345 e. The molecule has 0 unspecified atom stereocenters. The van der Waals surface area contributed by atoms with E-state index in [4.69, 9.17) is 11.6 Å². The Bertz CT molecular complexity index is 866. The van der Waals surface area contributed by atoms with Crippen LogP contribution in [0.5, 0.6) is 0 Å². The van der Waals surface area contributed by atoms with E-state index in [1.165, 1.54) is 6.08 Å². The van der Waals surface area contributed by atoms with Gasteiger partial charge in [0.2, 0.25) is 5.91 Å². The van der Waals surface area contributed by atoms with Crippen LogP contribution in [-0.4, -0.2) is 15.5 Å². The van der Waals surface area contributed by atoms with Crippen LogP contribution in [0, 0.1) is 0 Å². The Morgan fingerprint density at radius 3 is 2.70 bits per heavy atom. The van der Waals surface area contributed by atoms with Crippen molar-refractivity contribution in [2.75, 3.05) is 0 Å². The quantitative estimate of drug-likeness (QED) is 0.746. The summed E-state index contributed by atoms with van der Waals surface area (Å²) in [6.07, 6.45) is 3.26. The van der Waals surface area contributed by atoms with Crippen LogP contribution in [-0.2, 0) is 18.4 Å². The first-order valence-corrected chi connectivity index (χ1v) is 7.63. The second-order valence-corrected chi connectivity index (χ2v) is 5.61. The first kappa shape index (κ1) is 15.3. The van der Waals surface area contributed by atoms with Crippen molar-refractivity contribution in [2.24, 2.45) is 7.05 Å². The fourth-order valence-electron chi connectivity index (χ4n) is 2.32. The van der Waals surface area contributed by atoms with Crippen LogP contribution in [0.3, 0.4) is 0 Å². The van der Waals surface area contributed by atoms with Crippen LogP contribution in [0.15, 0.2) is 54.6 Å². The Morgan fingerprint density at radius 2 is 1.96 bits per heavy atom. The minimum atomic E-state index is -0.160. The first-order chi connectivity index (χ1) is 11.1. The van der Waals surface area contributed by atoms with Gasteiger partial charge < -0.3 is 9.88 Å². The van der Waals surface area contributed by atoms with Crippen molar-refractivity contribution < 1.29 is 4.79 Å². The highest BCUT2D eigenvalue weighted by atomic mass is 35.5. The number of carbonyl (C=O) groups excluding carboxylic acids is 1. The van der Waals surface area contributed by atoms with Crippen LogP contribution >= 0.6 is 11.6 Å². The number of aromatic nitrogens is 2. The number of amides is 1. The number of aryl methyl sites for hydroxylation is 1. The Balaban J connectivity index is 1.64. The molecular weight excluding hydrogens is 310 g/mol. The van der Waals surface area contributed by atoms with Gasteiger partial charge in [0.1, 0.15) is 5.82 Å². The summed E-state index contributed by atoms with van der Waals surface area (Å²) in [5, 5.41) is 3.52. The number of rotatable bonds is 4. The largest absolute Gasteiger partial charge is 0.345 e. The predicted octanol–water partition coefficient (Wildman–Crippen LogP) is 3.56. The number of para-hydroxylation sites is 2. The summed E-state index contributed by atoms with van der Waals surface area (Å²) < 4.78 is 1.98. The summed E-state index contributed by atoms with van der Waals surface area (Å²) in [5.74, 6) is 0.659. The smallest absolute Gasteiger partial charge is 0.244 e. The summed E-state index contributed by atoms with van der Waals surface area (Å²) in [6.45, 7) is 0.384. The summed E-state index contributed by atoms with van der Waals surface area (Å²) >= 11 is 5.83. The van der Waals surface area contributed by atoms with Crippen molar-refractivity contribution in [1.82, 2.24) is 14.9 Å². The van der Waals surface area contributed by atoms with Gasteiger partial charge in [0.25, 0.3) is 0 Å². The van der Waals surface area contributed by atoms with Crippen LogP contribution < -0.4 is 5.32 Å². The predicted molar refractivity (Wildman–Crippen MR) is 93.0 cm³/mol. The molecule has 5 heteroatoms. The van der Waals surface area contributed by atoms with E-state index in [0.29, 0.717) is 11.6 Å². The molecule has 2 aromatic carbocycles. The molecule has 0 spiro atoms. The summed E-state index contributed by atoms with van der Waals surface area (Å²) in [5.41, 5.74) is 2.90. The maximum absolute atomic E-state index is 11.9. The molecule has 0 fully saturated rings. The number of benzene rings is 2. The van der Waals surface area contributed by atoms with Gasteiger partial charge in [-0.1, -0.05) is 35.9 Å². The third-order valence-electron chi connectivity index (χ3n) is 3.60. The zero-order chi connectivity index (χ0) is 16.2. The number of imidazole rings is 1. The van der Waals surface area contributed by atoms with Crippen molar-refractivity contribution in [1.29, 1.82) is 0 Å². The molecule has 116 valence electrons. The van der Waals surface area contributed by atoms with E-state index in [-0.39, 0.29) is 5.91 Å². The third-order valence-corrected chi connectivity index (χ3v) is 3.85. The molecule has 0 aliphatic heterocycles. The van der Waals surface area contributed by atoms with Crippen LogP contribution in [0.1, 0.15) is 11.4 Å². The van der Waals surface area contributed by atoms with E-state index in [0.717, 1.165) is 22.4 Å². The third kappa shape index (κ3) is 3.60. The van der Waals surface area contributed by atoms with Crippen molar-refractivity contribution >= 4 is 34.6 Å². The molecule has 1 amide bonds. The minimum absolute atomic E-state index is 0.160. The highest BCUT2D eigenvalue weighted by Gasteiger charge is 2.07. The average Bonchev–Trinajstić information content (AvgIpc) is 2.89. The topological polar surface area (TPSA) is 46.9 Å².